The fourth-order valence-electron chi connectivity index (χ4n) is 1.56. The standard InChI is InChI=1S/C13H16N3O3/c14-11(7-12(15)18)13(19)16-10(8-17)6-9-4-2-1-3-5-9/h1-5,10-11H,6-7,14H2,(H2,15,18)(H,16,19)/t10-,11-/m0/s1. The number of carbonyl (C=O) groups excluding carboxylic acids is 3. The van der Waals surface area contributed by atoms with E-state index in [0.29, 0.717) is 6.42 Å². The molecule has 0 aromatic heterocycles. The summed E-state index contributed by atoms with van der Waals surface area (Å²) in [6.45, 7) is 0. The van der Waals surface area contributed by atoms with Gasteiger partial charge in [0.2, 0.25) is 18.1 Å². The second-order valence-corrected chi connectivity index (χ2v) is 4.15. The van der Waals surface area contributed by atoms with E-state index in [1.807, 2.05) is 30.3 Å². The van der Waals surface area contributed by atoms with E-state index in [-0.39, 0.29) is 6.42 Å². The largest absolute Gasteiger partial charge is 0.370 e. The molecular weight excluding hydrogens is 246 g/mol. The summed E-state index contributed by atoms with van der Waals surface area (Å²) in [5.41, 5.74) is 11.3. The fraction of sp³-hybridized carbons (Fsp3) is 0.308. The fourth-order valence-corrected chi connectivity index (χ4v) is 1.56. The van der Waals surface area contributed by atoms with Gasteiger partial charge in [-0.2, -0.15) is 0 Å². The lowest BCUT2D eigenvalue weighted by Crippen LogP contribution is -2.48. The quantitative estimate of drug-likeness (QED) is 0.586. The number of hydrogen-bond acceptors (Lipinski definition) is 4. The van der Waals surface area contributed by atoms with Gasteiger partial charge in [-0.3, -0.25) is 14.4 Å². The molecule has 1 aromatic carbocycles. The van der Waals surface area contributed by atoms with Gasteiger partial charge in [-0.15, -0.1) is 0 Å². The van der Waals surface area contributed by atoms with E-state index in [1.165, 1.54) is 0 Å². The summed E-state index contributed by atoms with van der Waals surface area (Å²) in [5, 5.41) is 2.42. The van der Waals surface area contributed by atoms with Gasteiger partial charge < -0.3 is 16.8 Å². The molecule has 1 rings (SSSR count). The molecule has 2 atom stereocenters. The Bertz CT molecular complexity index is 448. The van der Waals surface area contributed by atoms with E-state index >= 15 is 0 Å². The Labute approximate surface area is 111 Å². The molecule has 5 N–H and O–H groups in total. The lowest BCUT2D eigenvalue weighted by atomic mass is 10.1. The van der Waals surface area contributed by atoms with Crippen molar-refractivity contribution in [3.05, 3.63) is 35.9 Å². The summed E-state index contributed by atoms with van der Waals surface area (Å²) in [6, 6.07) is 7.33. The van der Waals surface area contributed by atoms with Crippen LogP contribution in [-0.4, -0.2) is 30.2 Å². The summed E-state index contributed by atoms with van der Waals surface area (Å²) < 4.78 is 0. The Kier molecular flexibility index (Phi) is 5.69. The van der Waals surface area contributed by atoms with Crippen LogP contribution in [0.15, 0.2) is 30.3 Å². The van der Waals surface area contributed by atoms with Crippen LogP contribution in [-0.2, 0) is 20.8 Å². The first-order chi connectivity index (χ1) is 9.02. The highest BCUT2D eigenvalue weighted by atomic mass is 16.2. The van der Waals surface area contributed by atoms with Gasteiger partial charge >= 0.3 is 0 Å². The van der Waals surface area contributed by atoms with Crippen molar-refractivity contribution in [2.24, 2.45) is 11.5 Å². The Balaban J connectivity index is 2.55. The second-order valence-electron chi connectivity index (χ2n) is 4.15. The number of nitrogens with one attached hydrogen (secondary N) is 1. The van der Waals surface area contributed by atoms with E-state index < -0.39 is 23.9 Å². The summed E-state index contributed by atoms with van der Waals surface area (Å²) in [4.78, 5) is 33.1. The molecule has 0 unspecified atom stereocenters. The van der Waals surface area contributed by atoms with Crippen LogP contribution in [0.2, 0.25) is 0 Å². The Morgan fingerprint density at radius 2 is 1.89 bits per heavy atom. The molecule has 6 nitrogen and oxygen atoms in total. The molecule has 0 saturated heterocycles. The van der Waals surface area contributed by atoms with Gasteiger partial charge in [0.25, 0.3) is 0 Å². The van der Waals surface area contributed by atoms with Gasteiger partial charge in [-0.1, -0.05) is 30.3 Å². The highest BCUT2D eigenvalue weighted by Gasteiger charge is 2.20. The molecule has 1 aromatic rings. The van der Waals surface area contributed by atoms with Crippen LogP contribution in [0.5, 0.6) is 0 Å². The number of rotatable bonds is 7. The number of benzene rings is 1. The topological polar surface area (TPSA) is 115 Å². The predicted molar refractivity (Wildman–Crippen MR) is 69.6 cm³/mol. The average molecular weight is 262 g/mol. The van der Waals surface area contributed by atoms with E-state index in [9.17, 15) is 14.4 Å². The third kappa shape index (κ3) is 5.31. The average Bonchev–Trinajstić information content (AvgIpc) is 2.38. The van der Waals surface area contributed by atoms with Crippen LogP contribution >= 0.6 is 0 Å². The van der Waals surface area contributed by atoms with E-state index in [4.69, 9.17) is 11.5 Å². The number of hydrogen-bond donors (Lipinski definition) is 3. The maximum absolute atomic E-state index is 11.6. The zero-order chi connectivity index (χ0) is 14.3. The highest BCUT2D eigenvalue weighted by Crippen LogP contribution is 2.02. The van der Waals surface area contributed by atoms with Gasteiger partial charge in [0, 0.05) is 6.42 Å². The Morgan fingerprint density at radius 1 is 1.26 bits per heavy atom. The second kappa shape index (κ2) is 7.27. The summed E-state index contributed by atoms with van der Waals surface area (Å²) in [5.74, 6) is -1.26. The summed E-state index contributed by atoms with van der Waals surface area (Å²) in [6.07, 6.45) is 1.79. The minimum Gasteiger partial charge on any atom is -0.370 e. The zero-order valence-electron chi connectivity index (χ0n) is 10.3. The van der Waals surface area contributed by atoms with Crippen molar-refractivity contribution in [2.45, 2.75) is 24.9 Å². The number of primary amides is 1. The molecule has 101 valence electrons. The van der Waals surface area contributed by atoms with Gasteiger partial charge in [0.05, 0.1) is 18.5 Å². The van der Waals surface area contributed by atoms with Crippen molar-refractivity contribution in [3.63, 3.8) is 0 Å². The van der Waals surface area contributed by atoms with Gasteiger partial charge in [-0.25, -0.2) is 0 Å². The van der Waals surface area contributed by atoms with Crippen molar-refractivity contribution >= 4 is 18.1 Å². The smallest absolute Gasteiger partial charge is 0.238 e. The van der Waals surface area contributed by atoms with Gasteiger partial charge in [-0.05, 0) is 5.56 Å². The molecule has 2 amide bonds. The van der Waals surface area contributed by atoms with Crippen LogP contribution in [0, 0.1) is 0 Å². The van der Waals surface area contributed by atoms with Crippen molar-refractivity contribution in [1.29, 1.82) is 0 Å². The third-order valence-electron chi connectivity index (χ3n) is 2.50. The maximum atomic E-state index is 11.6. The number of carbonyl (C=O) groups is 2. The van der Waals surface area contributed by atoms with Crippen molar-refractivity contribution in [2.75, 3.05) is 0 Å². The molecule has 0 bridgehead atoms. The summed E-state index contributed by atoms with van der Waals surface area (Å²) >= 11 is 0. The van der Waals surface area contributed by atoms with Gasteiger partial charge in [0.15, 0.2) is 0 Å². The first-order valence-corrected chi connectivity index (χ1v) is 5.78. The minimum absolute atomic E-state index is 0.261. The molecule has 0 heterocycles. The maximum Gasteiger partial charge on any atom is 0.238 e. The van der Waals surface area contributed by atoms with Crippen molar-refractivity contribution < 1.29 is 14.4 Å². The molecule has 0 aliphatic carbocycles. The molecule has 0 spiro atoms. The SMILES string of the molecule is NC(=O)C[C@H](N)C(=O)N[C@H]([C]=O)Cc1ccccc1. The number of nitrogens with two attached hydrogens (primary N) is 2. The van der Waals surface area contributed by atoms with Gasteiger partial charge in [0.1, 0.15) is 0 Å². The van der Waals surface area contributed by atoms with Crippen LogP contribution in [0.1, 0.15) is 12.0 Å². The molecule has 0 aliphatic rings. The lowest BCUT2D eigenvalue weighted by molar-refractivity contribution is -0.126. The van der Waals surface area contributed by atoms with Crippen LogP contribution < -0.4 is 16.8 Å². The van der Waals surface area contributed by atoms with Crippen molar-refractivity contribution in [1.82, 2.24) is 5.32 Å². The van der Waals surface area contributed by atoms with E-state index in [1.54, 1.807) is 6.29 Å². The molecule has 19 heavy (non-hydrogen) atoms. The summed E-state index contributed by atoms with van der Waals surface area (Å²) in [7, 11) is 0. The normalized spacial score (nSPS) is 13.3. The monoisotopic (exact) mass is 262 g/mol. The third-order valence-corrected chi connectivity index (χ3v) is 2.50. The van der Waals surface area contributed by atoms with Crippen LogP contribution in [0.4, 0.5) is 0 Å². The molecule has 6 heteroatoms. The van der Waals surface area contributed by atoms with E-state index in [2.05, 4.69) is 5.32 Å². The molecule has 1 radical (unpaired) electrons. The predicted octanol–water partition coefficient (Wildman–Crippen LogP) is -0.974. The first kappa shape index (κ1) is 14.8. The lowest BCUT2D eigenvalue weighted by Gasteiger charge is -2.15. The minimum atomic E-state index is -1.05. The molecule has 0 aliphatic heterocycles. The number of amides is 2. The zero-order valence-corrected chi connectivity index (χ0v) is 10.3. The molecular formula is C13H16N3O3. The first-order valence-electron chi connectivity index (χ1n) is 5.78. The van der Waals surface area contributed by atoms with Crippen LogP contribution in [0.3, 0.4) is 0 Å². The molecule has 0 saturated carbocycles. The molecule has 0 fully saturated rings. The van der Waals surface area contributed by atoms with Crippen molar-refractivity contribution in [3.8, 4) is 0 Å². The highest BCUT2D eigenvalue weighted by molar-refractivity contribution is 5.89. The van der Waals surface area contributed by atoms with Crippen LogP contribution in [0.25, 0.3) is 0 Å². The Hall–Kier alpha value is -2.21. The van der Waals surface area contributed by atoms with E-state index in [0.717, 1.165) is 5.56 Å². The Morgan fingerprint density at radius 3 is 2.42 bits per heavy atom.